The number of hydrogen-bond donors (Lipinski definition) is 1. The van der Waals surface area contributed by atoms with Crippen LogP contribution in [-0.2, 0) is 0 Å². The molecule has 0 heterocycles. The van der Waals surface area contributed by atoms with Crippen LogP contribution in [0.3, 0.4) is 0 Å². The van der Waals surface area contributed by atoms with E-state index in [1.165, 1.54) is 6.42 Å². The van der Waals surface area contributed by atoms with Crippen LogP contribution in [0.25, 0.3) is 0 Å². The molecule has 0 amide bonds. The molecule has 1 N–H and O–H groups in total. The van der Waals surface area contributed by atoms with Gasteiger partial charge in [-0.05, 0) is 24.8 Å². The van der Waals surface area contributed by atoms with Crippen LogP contribution in [0.2, 0.25) is 0 Å². The smallest absolute Gasteiger partial charge is 0.0106 e. The third-order valence-corrected chi connectivity index (χ3v) is 1.80. The number of rotatable bonds is 5. The molecule has 0 fully saturated rings. The van der Waals surface area contributed by atoms with Crippen molar-refractivity contribution >= 4 is 0 Å². The van der Waals surface area contributed by atoms with Crippen molar-refractivity contribution in [3.8, 4) is 0 Å². The molecule has 1 atom stereocenters. The molecular formula is C11H23N. The Morgan fingerprint density at radius 3 is 2.33 bits per heavy atom. The molecule has 0 saturated heterocycles. The van der Waals surface area contributed by atoms with Crippen molar-refractivity contribution in [1.82, 2.24) is 5.32 Å². The van der Waals surface area contributed by atoms with E-state index in [1.807, 2.05) is 6.08 Å². The Morgan fingerprint density at radius 1 is 1.42 bits per heavy atom. The molecule has 72 valence electrons. The van der Waals surface area contributed by atoms with Gasteiger partial charge in [-0.3, -0.25) is 0 Å². The van der Waals surface area contributed by atoms with Crippen LogP contribution in [0.5, 0.6) is 0 Å². The van der Waals surface area contributed by atoms with Gasteiger partial charge in [0, 0.05) is 6.04 Å². The average Bonchev–Trinajstić information content (AvgIpc) is 1.84. The van der Waals surface area contributed by atoms with Crippen LogP contribution in [0.1, 0.15) is 40.5 Å². The third-order valence-electron chi connectivity index (χ3n) is 1.80. The highest BCUT2D eigenvalue weighted by atomic mass is 14.9. The van der Waals surface area contributed by atoms with Crippen molar-refractivity contribution in [2.45, 2.75) is 46.6 Å². The molecule has 1 heteroatoms. The van der Waals surface area contributed by atoms with Crippen molar-refractivity contribution in [3.05, 3.63) is 12.7 Å². The van der Waals surface area contributed by atoms with Gasteiger partial charge in [-0.15, -0.1) is 6.58 Å². The number of nitrogens with one attached hydrogen (secondary N) is 1. The quantitative estimate of drug-likeness (QED) is 0.624. The van der Waals surface area contributed by atoms with Gasteiger partial charge >= 0.3 is 0 Å². The summed E-state index contributed by atoms with van der Waals surface area (Å²) < 4.78 is 0. The first kappa shape index (κ1) is 11.7. The maximum atomic E-state index is 3.77. The van der Waals surface area contributed by atoms with Crippen LogP contribution < -0.4 is 5.32 Å². The topological polar surface area (TPSA) is 12.0 Å². The summed E-state index contributed by atoms with van der Waals surface area (Å²) in [5.74, 6) is 0. The summed E-state index contributed by atoms with van der Waals surface area (Å²) in [5.41, 5.74) is 0.413. The Morgan fingerprint density at radius 2 is 2.00 bits per heavy atom. The van der Waals surface area contributed by atoms with Gasteiger partial charge in [-0.2, -0.15) is 0 Å². The fourth-order valence-corrected chi connectivity index (χ4v) is 1.47. The summed E-state index contributed by atoms with van der Waals surface area (Å²) in [6.45, 7) is 13.8. The second-order valence-electron chi connectivity index (χ2n) is 4.54. The van der Waals surface area contributed by atoms with Crippen LogP contribution in [0, 0.1) is 5.41 Å². The van der Waals surface area contributed by atoms with Crippen LogP contribution in [-0.4, -0.2) is 12.6 Å². The van der Waals surface area contributed by atoms with Crippen molar-refractivity contribution in [1.29, 1.82) is 0 Å². The summed E-state index contributed by atoms with van der Waals surface area (Å²) in [6.07, 6.45) is 4.29. The minimum Gasteiger partial charge on any atom is -0.314 e. The molecule has 0 aliphatic heterocycles. The molecule has 0 aromatic carbocycles. The van der Waals surface area contributed by atoms with Gasteiger partial charge in [-0.1, -0.05) is 33.8 Å². The summed E-state index contributed by atoms with van der Waals surface area (Å²) in [4.78, 5) is 0. The maximum absolute atomic E-state index is 3.77. The molecule has 0 aromatic heterocycles. The van der Waals surface area contributed by atoms with E-state index in [0.717, 1.165) is 13.0 Å². The van der Waals surface area contributed by atoms with Gasteiger partial charge in [0.25, 0.3) is 0 Å². The predicted molar refractivity (Wildman–Crippen MR) is 56.4 cm³/mol. The van der Waals surface area contributed by atoms with E-state index in [0.29, 0.717) is 11.5 Å². The molecule has 12 heavy (non-hydrogen) atoms. The first-order valence-electron chi connectivity index (χ1n) is 4.84. The molecule has 0 spiro atoms. The lowest BCUT2D eigenvalue weighted by Crippen LogP contribution is -2.32. The molecule has 0 saturated carbocycles. The van der Waals surface area contributed by atoms with E-state index < -0.39 is 0 Å². The highest BCUT2D eigenvalue weighted by Crippen LogP contribution is 2.22. The van der Waals surface area contributed by atoms with E-state index in [9.17, 15) is 0 Å². The molecule has 0 aliphatic rings. The fourth-order valence-electron chi connectivity index (χ4n) is 1.47. The zero-order valence-corrected chi connectivity index (χ0v) is 8.98. The molecule has 0 bridgehead atoms. The van der Waals surface area contributed by atoms with Gasteiger partial charge in [0.05, 0.1) is 0 Å². The zero-order valence-electron chi connectivity index (χ0n) is 8.98. The second kappa shape index (κ2) is 5.36. The minimum absolute atomic E-state index is 0.413. The van der Waals surface area contributed by atoms with Gasteiger partial charge in [0.1, 0.15) is 0 Å². The van der Waals surface area contributed by atoms with Crippen molar-refractivity contribution in [2.24, 2.45) is 5.41 Å². The largest absolute Gasteiger partial charge is 0.314 e. The third kappa shape index (κ3) is 6.41. The van der Waals surface area contributed by atoms with Gasteiger partial charge in [0.2, 0.25) is 0 Å². The molecule has 0 rings (SSSR count). The lowest BCUT2D eigenvalue weighted by molar-refractivity contribution is 0.311. The molecule has 1 unspecified atom stereocenters. The molecular weight excluding hydrogens is 146 g/mol. The Labute approximate surface area is 77.2 Å². The van der Waals surface area contributed by atoms with E-state index in [4.69, 9.17) is 0 Å². The van der Waals surface area contributed by atoms with Crippen molar-refractivity contribution in [3.63, 3.8) is 0 Å². The molecule has 1 nitrogen and oxygen atoms in total. The van der Waals surface area contributed by atoms with Crippen LogP contribution in [0.15, 0.2) is 12.7 Å². The predicted octanol–water partition coefficient (Wildman–Crippen LogP) is 2.98. The number of hydrogen-bond acceptors (Lipinski definition) is 1. The fraction of sp³-hybridized carbons (Fsp3) is 0.818. The van der Waals surface area contributed by atoms with Crippen LogP contribution in [0.4, 0.5) is 0 Å². The normalized spacial score (nSPS) is 14.3. The van der Waals surface area contributed by atoms with Crippen LogP contribution >= 0.6 is 0 Å². The lowest BCUT2D eigenvalue weighted by Gasteiger charge is -2.25. The Kier molecular flexibility index (Phi) is 5.23. The average molecular weight is 169 g/mol. The van der Waals surface area contributed by atoms with E-state index in [2.05, 4.69) is 39.6 Å². The summed E-state index contributed by atoms with van der Waals surface area (Å²) in [5, 5.41) is 3.47. The first-order chi connectivity index (χ1) is 5.49. The first-order valence-corrected chi connectivity index (χ1v) is 4.84. The molecule has 0 aromatic rings. The zero-order chi connectivity index (χ0) is 9.61. The summed E-state index contributed by atoms with van der Waals surface area (Å²) >= 11 is 0. The van der Waals surface area contributed by atoms with E-state index in [-0.39, 0.29) is 0 Å². The van der Waals surface area contributed by atoms with Crippen molar-refractivity contribution in [2.75, 3.05) is 6.54 Å². The van der Waals surface area contributed by atoms with E-state index in [1.54, 1.807) is 0 Å². The Bertz CT molecular complexity index is 121. The highest BCUT2D eigenvalue weighted by Gasteiger charge is 2.16. The second-order valence-corrected chi connectivity index (χ2v) is 4.54. The molecule has 0 radical (unpaired) electrons. The Hall–Kier alpha value is -0.300. The highest BCUT2D eigenvalue weighted by molar-refractivity contribution is 4.81. The maximum Gasteiger partial charge on any atom is 0.0106 e. The summed E-state index contributed by atoms with van der Waals surface area (Å²) in [6, 6.07) is 0.604. The van der Waals surface area contributed by atoms with E-state index >= 15 is 0 Å². The van der Waals surface area contributed by atoms with Gasteiger partial charge in [0.15, 0.2) is 0 Å². The van der Waals surface area contributed by atoms with Gasteiger partial charge < -0.3 is 5.32 Å². The lowest BCUT2D eigenvalue weighted by atomic mass is 9.87. The van der Waals surface area contributed by atoms with Gasteiger partial charge in [-0.25, -0.2) is 0 Å². The standard InChI is InChI=1S/C11H23N/c1-6-8-10(12-7-2)9-11(3,4)5/h6,10,12H,1,7-9H2,2-5H3. The monoisotopic (exact) mass is 169 g/mol. The minimum atomic E-state index is 0.413. The summed E-state index contributed by atoms with van der Waals surface area (Å²) in [7, 11) is 0. The molecule has 0 aliphatic carbocycles. The van der Waals surface area contributed by atoms with Crippen molar-refractivity contribution < 1.29 is 0 Å². The SMILES string of the molecule is C=CCC(CC(C)(C)C)NCC. The Balaban J connectivity index is 3.85.